The van der Waals surface area contributed by atoms with Crippen LogP contribution >= 0.6 is 0 Å². The van der Waals surface area contributed by atoms with Gasteiger partial charge in [-0.2, -0.15) is 0 Å². The number of H-pyrrole nitrogens is 1. The molecule has 3 heterocycles. The van der Waals surface area contributed by atoms with Crippen LogP contribution in [-0.4, -0.2) is 46.7 Å². The van der Waals surface area contributed by atoms with E-state index in [1.807, 2.05) is 13.8 Å². The van der Waals surface area contributed by atoms with Gasteiger partial charge in [0.15, 0.2) is 0 Å². The summed E-state index contributed by atoms with van der Waals surface area (Å²) >= 11 is 0. The number of nitrogens with zero attached hydrogens (tertiary/aromatic N) is 3. The molecule has 0 radical (unpaired) electrons. The van der Waals surface area contributed by atoms with Crippen LogP contribution in [0.4, 0.5) is 10.3 Å². The van der Waals surface area contributed by atoms with Crippen LogP contribution < -0.4 is 10.5 Å². The van der Waals surface area contributed by atoms with Crippen LogP contribution in [0.1, 0.15) is 30.7 Å². The predicted molar refractivity (Wildman–Crippen MR) is 101 cm³/mol. The molecule has 0 aliphatic carbocycles. The average molecular weight is 372 g/mol. The minimum Gasteiger partial charge on any atom is -0.372 e. The molecule has 0 saturated carbocycles. The number of halogens is 1. The van der Waals surface area contributed by atoms with Gasteiger partial charge in [0.2, 0.25) is 5.95 Å². The fourth-order valence-corrected chi connectivity index (χ4v) is 3.96. The number of morpholine rings is 1. The maximum absolute atomic E-state index is 13.1. The summed E-state index contributed by atoms with van der Waals surface area (Å²) in [5.41, 5.74) is 2.64. The summed E-state index contributed by atoms with van der Waals surface area (Å²) in [6.45, 7) is 7.62. The van der Waals surface area contributed by atoms with Crippen LogP contribution in [-0.2, 0) is 24.2 Å². The highest BCUT2D eigenvalue weighted by atomic mass is 19.1. The van der Waals surface area contributed by atoms with Gasteiger partial charge in [0, 0.05) is 38.3 Å². The van der Waals surface area contributed by atoms with Gasteiger partial charge in [-0.05, 0) is 38.0 Å². The van der Waals surface area contributed by atoms with E-state index < -0.39 is 0 Å². The molecule has 2 atom stereocenters. The van der Waals surface area contributed by atoms with Crippen molar-refractivity contribution in [3.05, 3.63) is 57.3 Å². The van der Waals surface area contributed by atoms with E-state index in [0.29, 0.717) is 32.0 Å². The number of hydrogen-bond acceptors (Lipinski definition) is 5. The zero-order valence-electron chi connectivity index (χ0n) is 15.7. The summed E-state index contributed by atoms with van der Waals surface area (Å²) in [6.07, 6.45) is 0.879. The summed E-state index contributed by atoms with van der Waals surface area (Å²) in [7, 11) is 0. The fourth-order valence-electron chi connectivity index (χ4n) is 3.96. The van der Waals surface area contributed by atoms with Crippen molar-refractivity contribution in [2.24, 2.45) is 0 Å². The van der Waals surface area contributed by atoms with Crippen molar-refractivity contribution >= 4 is 5.95 Å². The Morgan fingerprint density at radius 1 is 1.22 bits per heavy atom. The molecular formula is C20H25FN4O2. The van der Waals surface area contributed by atoms with Gasteiger partial charge >= 0.3 is 0 Å². The van der Waals surface area contributed by atoms with Crippen LogP contribution in [0.15, 0.2) is 29.1 Å². The molecule has 7 heteroatoms. The van der Waals surface area contributed by atoms with E-state index in [1.54, 1.807) is 12.1 Å². The van der Waals surface area contributed by atoms with Gasteiger partial charge in [-0.1, -0.05) is 12.1 Å². The van der Waals surface area contributed by atoms with Crippen molar-refractivity contribution in [2.45, 2.75) is 45.6 Å². The normalized spacial score (nSPS) is 23.3. The Bertz CT molecular complexity index is 857. The van der Waals surface area contributed by atoms with Crippen LogP contribution in [0.3, 0.4) is 0 Å². The Balaban J connectivity index is 1.54. The Kier molecular flexibility index (Phi) is 4.97. The molecule has 2 aromatic rings. The van der Waals surface area contributed by atoms with Gasteiger partial charge in [0.05, 0.1) is 17.9 Å². The third-order valence-electron chi connectivity index (χ3n) is 5.18. The number of aromatic nitrogens is 2. The van der Waals surface area contributed by atoms with Crippen molar-refractivity contribution in [3.63, 3.8) is 0 Å². The van der Waals surface area contributed by atoms with E-state index in [2.05, 4.69) is 14.8 Å². The number of benzene rings is 1. The predicted octanol–water partition coefficient (Wildman–Crippen LogP) is 2.08. The summed E-state index contributed by atoms with van der Waals surface area (Å²) in [5.74, 6) is 0.402. The van der Waals surface area contributed by atoms with E-state index in [-0.39, 0.29) is 23.6 Å². The lowest BCUT2D eigenvalue weighted by molar-refractivity contribution is -0.00576. The Hall–Kier alpha value is -2.25. The van der Waals surface area contributed by atoms with Gasteiger partial charge in [-0.15, -0.1) is 0 Å². The molecule has 27 heavy (non-hydrogen) atoms. The van der Waals surface area contributed by atoms with E-state index >= 15 is 0 Å². The Labute approximate surface area is 158 Å². The smallest absolute Gasteiger partial charge is 0.255 e. The second-order valence-corrected chi connectivity index (χ2v) is 7.56. The molecule has 6 nitrogen and oxygen atoms in total. The molecule has 1 aromatic heterocycles. The van der Waals surface area contributed by atoms with Gasteiger partial charge in [0.25, 0.3) is 5.56 Å². The largest absolute Gasteiger partial charge is 0.372 e. The highest BCUT2D eigenvalue weighted by Gasteiger charge is 2.26. The zero-order chi connectivity index (χ0) is 19.0. The number of ether oxygens (including phenoxy) is 1. The molecule has 1 aromatic carbocycles. The van der Waals surface area contributed by atoms with Crippen LogP contribution in [0.2, 0.25) is 0 Å². The van der Waals surface area contributed by atoms with Crippen molar-refractivity contribution in [3.8, 4) is 0 Å². The van der Waals surface area contributed by atoms with Gasteiger partial charge in [-0.25, -0.2) is 9.37 Å². The summed E-state index contributed by atoms with van der Waals surface area (Å²) in [5, 5.41) is 0. The molecule has 0 bridgehead atoms. The molecule has 2 aliphatic rings. The number of nitrogens with one attached hydrogen (secondary N) is 1. The van der Waals surface area contributed by atoms with E-state index in [0.717, 1.165) is 29.9 Å². The van der Waals surface area contributed by atoms with Crippen molar-refractivity contribution in [1.29, 1.82) is 0 Å². The third-order valence-corrected chi connectivity index (χ3v) is 5.18. The lowest BCUT2D eigenvalue weighted by atomic mass is 10.1. The first-order chi connectivity index (χ1) is 13.0. The van der Waals surface area contributed by atoms with Crippen molar-refractivity contribution in [1.82, 2.24) is 14.9 Å². The molecule has 2 aliphatic heterocycles. The minimum absolute atomic E-state index is 0.0387. The lowest BCUT2D eigenvalue weighted by Gasteiger charge is -2.36. The fraction of sp³-hybridized carbons (Fsp3) is 0.500. The minimum atomic E-state index is -0.227. The molecule has 0 unspecified atom stereocenters. The van der Waals surface area contributed by atoms with Crippen LogP contribution in [0.5, 0.6) is 0 Å². The molecule has 4 rings (SSSR count). The summed E-state index contributed by atoms with van der Waals surface area (Å²) < 4.78 is 18.9. The number of fused-ring (bicyclic) bond motifs is 1. The molecule has 1 saturated heterocycles. The summed E-state index contributed by atoms with van der Waals surface area (Å²) in [6, 6.07) is 6.57. The number of hydrogen-bond donors (Lipinski definition) is 1. The SMILES string of the molecule is C[C@@H]1CN(c2nc3c(c(=O)[nH]2)CCN(Cc2ccc(F)cc2)C3)C[C@H](C)O1. The number of aromatic amines is 1. The third kappa shape index (κ3) is 4.04. The van der Waals surface area contributed by atoms with Crippen molar-refractivity contribution in [2.75, 3.05) is 24.5 Å². The first-order valence-electron chi connectivity index (χ1n) is 9.47. The van der Waals surface area contributed by atoms with Gasteiger partial charge in [0.1, 0.15) is 5.82 Å². The Morgan fingerprint density at radius 3 is 2.63 bits per heavy atom. The summed E-state index contributed by atoms with van der Waals surface area (Å²) in [4.78, 5) is 24.7. The topological polar surface area (TPSA) is 61.5 Å². The molecule has 1 fully saturated rings. The highest BCUT2D eigenvalue weighted by Crippen LogP contribution is 2.21. The number of rotatable bonds is 3. The molecule has 144 valence electrons. The van der Waals surface area contributed by atoms with E-state index in [4.69, 9.17) is 9.72 Å². The van der Waals surface area contributed by atoms with E-state index in [9.17, 15) is 9.18 Å². The average Bonchev–Trinajstić information content (AvgIpc) is 2.62. The monoisotopic (exact) mass is 372 g/mol. The lowest BCUT2D eigenvalue weighted by Crippen LogP contribution is -2.47. The maximum atomic E-state index is 13.1. The second-order valence-electron chi connectivity index (χ2n) is 7.56. The molecule has 1 N–H and O–H groups in total. The van der Waals surface area contributed by atoms with Crippen molar-refractivity contribution < 1.29 is 9.13 Å². The van der Waals surface area contributed by atoms with Crippen LogP contribution in [0.25, 0.3) is 0 Å². The zero-order valence-corrected chi connectivity index (χ0v) is 15.7. The molecular weight excluding hydrogens is 347 g/mol. The number of anilines is 1. The van der Waals surface area contributed by atoms with Gasteiger partial charge < -0.3 is 9.64 Å². The molecule has 0 spiro atoms. The quantitative estimate of drug-likeness (QED) is 0.894. The maximum Gasteiger partial charge on any atom is 0.255 e. The molecule has 0 amide bonds. The van der Waals surface area contributed by atoms with Crippen LogP contribution in [0, 0.1) is 5.82 Å². The Morgan fingerprint density at radius 2 is 1.93 bits per heavy atom. The highest BCUT2D eigenvalue weighted by molar-refractivity contribution is 5.35. The van der Waals surface area contributed by atoms with E-state index in [1.165, 1.54) is 12.1 Å². The van der Waals surface area contributed by atoms with Gasteiger partial charge in [-0.3, -0.25) is 14.7 Å². The first-order valence-corrected chi connectivity index (χ1v) is 9.47. The second kappa shape index (κ2) is 7.40. The standard InChI is InChI=1S/C20H25FN4O2/c1-13-9-25(10-14(2)27-13)20-22-18-12-24(8-7-17(18)19(26)23-20)11-15-3-5-16(21)6-4-15/h3-6,13-14H,7-12H2,1-2H3,(H,22,23,26)/t13-,14+. The first kappa shape index (κ1) is 18.1.